The van der Waals surface area contributed by atoms with E-state index in [1.54, 1.807) is 0 Å². The third kappa shape index (κ3) is 2.54. The zero-order valence-corrected chi connectivity index (χ0v) is 10.7. The van der Waals surface area contributed by atoms with Gasteiger partial charge in [-0.25, -0.2) is 0 Å². The molecule has 1 heterocycles. The number of pyridine rings is 1. The Balaban J connectivity index is 1.74. The third-order valence-corrected chi connectivity index (χ3v) is 3.96. The molecule has 2 heteroatoms. The molecule has 18 heavy (non-hydrogen) atoms. The van der Waals surface area contributed by atoms with Crippen molar-refractivity contribution in [2.75, 3.05) is 0 Å². The van der Waals surface area contributed by atoms with Crippen molar-refractivity contribution in [2.24, 2.45) is 0 Å². The summed E-state index contributed by atoms with van der Waals surface area (Å²) in [6, 6.07) is 9.32. The van der Waals surface area contributed by atoms with Gasteiger partial charge in [0.2, 0.25) is 0 Å². The van der Waals surface area contributed by atoms with E-state index < -0.39 is 0 Å². The third-order valence-electron chi connectivity index (χ3n) is 3.96. The van der Waals surface area contributed by atoms with E-state index in [1.165, 1.54) is 48.4 Å². The predicted molar refractivity (Wildman–Crippen MR) is 75.5 cm³/mol. The second kappa shape index (κ2) is 5.49. The average Bonchev–Trinajstić information content (AvgIpc) is 2.46. The summed E-state index contributed by atoms with van der Waals surface area (Å²) >= 11 is 0. The quantitative estimate of drug-likeness (QED) is 0.885. The molecular weight excluding hydrogens is 220 g/mol. The number of hydrogen-bond acceptors (Lipinski definition) is 2. The molecular formula is C16H20N2. The molecule has 1 aromatic heterocycles. The average molecular weight is 240 g/mol. The molecule has 1 fully saturated rings. The maximum atomic E-state index is 4.18. The lowest BCUT2D eigenvalue weighted by atomic mass is 9.95. The molecule has 1 saturated carbocycles. The summed E-state index contributed by atoms with van der Waals surface area (Å²) in [4.78, 5) is 4.18. The molecule has 0 amide bonds. The van der Waals surface area contributed by atoms with Crippen molar-refractivity contribution >= 4 is 10.8 Å². The van der Waals surface area contributed by atoms with E-state index in [1.807, 2.05) is 12.4 Å². The van der Waals surface area contributed by atoms with Gasteiger partial charge in [-0.05, 0) is 29.9 Å². The fourth-order valence-electron chi connectivity index (χ4n) is 2.90. The summed E-state index contributed by atoms with van der Waals surface area (Å²) < 4.78 is 0. The van der Waals surface area contributed by atoms with Gasteiger partial charge < -0.3 is 5.32 Å². The molecule has 0 unspecified atom stereocenters. The molecule has 0 spiro atoms. The fourth-order valence-corrected chi connectivity index (χ4v) is 2.90. The molecule has 0 bridgehead atoms. The summed E-state index contributed by atoms with van der Waals surface area (Å²) in [5.74, 6) is 0. The summed E-state index contributed by atoms with van der Waals surface area (Å²) in [5, 5.41) is 6.28. The Morgan fingerprint density at radius 1 is 1.11 bits per heavy atom. The van der Waals surface area contributed by atoms with E-state index in [9.17, 15) is 0 Å². The van der Waals surface area contributed by atoms with Crippen LogP contribution in [0.1, 0.15) is 37.7 Å². The molecule has 94 valence electrons. The van der Waals surface area contributed by atoms with Crippen LogP contribution in [0.3, 0.4) is 0 Å². The lowest BCUT2D eigenvalue weighted by molar-refractivity contribution is 0.373. The van der Waals surface area contributed by atoms with E-state index in [2.05, 4.69) is 34.6 Å². The minimum absolute atomic E-state index is 0.718. The molecule has 2 nitrogen and oxygen atoms in total. The van der Waals surface area contributed by atoms with E-state index in [4.69, 9.17) is 0 Å². The second-order valence-electron chi connectivity index (χ2n) is 5.23. The standard InChI is InChI=1S/C16H20N2/c1-2-7-15(8-3-1)18-12-14-6-4-5-13-11-17-10-9-16(13)14/h4-6,9-11,15,18H,1-3,7-8,12H2. The highest BCUT2D eigenvalue weighted by atomic mass is 14.9. The van der Waals surface area contributed by atoms with Crippen LogP contribution in [0, 0.1) is 0 Å². The summed E-state index contributed by atoms with van der Waals surface area (Å²) in [7, 11) is 0. The fraction of sp³-hybridized carbons (Fsp3) is 0.438. The molecule has 2 aromatic rings. The van der Waals surface area contributed by atoms with Gasteiger partial charge in [0.15, 0.2) is 0 Å². The van der Waals surface area contributed by atoms with E-state index in [-0.39, 0.29) is 0 Å². The molecule has 0 atom stereocenters. The maximum Gasteiger partial charge on any atom is 0.0346 e. The van der Waals surface area contributed by atoms with Gasteiger partial charge in [0.1, 0.15) is 0 Å². The van der Waals surface area contributed by atoms with Gasteiger partial charge in [-0.2, -0.15) is 0 Å². The molecule has 1 aliphatic carbocycles. The Labute approximate surface area is 108 Å². The lowest BCUT2D eigenvalue weighted by Gasteiger charge is -2.23. The van der Waals surface area contributed by atoms with Crippen molar-refractivity contribution in [3.8, 4) is 0 Å². The van der Waals surface area contributed by atoms with Crippen molar-refractivity contribution in [1.29, 1.82) is 0 Å². The molecule has 1 N–H and O–H groups in total. The van der Waals surface area contributed by atoms with Gasteiger partial charge in [0.25, 0.3) is 0 Å². The van der Waals surface area contributed by atoms with Crippen LogP contribution in [0.5, 0.6) is 0 Å². The van der Waals surface area contributed by atoms with E-state index >= 15 is 0 Å². The van der Waals surface area contributed by atoms with Crippen molar-refractivity contribution in [1.82, 2.24) is 10.3 Å². The maximum absolute atomic E-state index is 4.18. The van der Waals surface area contributed by atoms with Crippen LogP contribution >= 0.6 is 0 Å². The second-order valence-corrected chi connectivity index (χ2v) is 5.23. The van der Waals surface area contributed by atoms with Crippen molar-refractivity contribution < 1.29 is 0 Å². The number of fused-ring (bicyclic) bond motifs is 1. The first-order valence-electron chi connectivity index (χ1n) is 6.98. The zero-order valence-electron chi connectivity index (χ0n) is 10.7. The van der Waals surface area contributed by atoms with Crippen LogP contribution in [0.2, 0.25) is 0 Å². The SMILES string of the molecule is c1cc(CNC2CCCCC2)c2ccncc2c1. The smallest absolute Gasteiger partial charge is 0.0346 e. The van der Waals surface area contributed by atoms with Gasteiger partial charge in [-0.1, -0.05) is 37.5 Å². The van der Waals surface area contributed by atoms with Crippen molar-refractivity contribution in [3.05, 3.63) is 42.2 Å². The summed E-state index contributed by atoms with van der Waals surface area (Å²) in [5.41, 5.74) is 1.39. The Morgan fingerprint density at radius 3 is 2.89 bits per heavy atom. The van der Waals surface area contributed by atoms with Crippen LogP contribution in [0.15, 0.2) is 36.7 Å². The number of hydrogen-bond donors (Lipinski definition) is 1. The Morgan fingerprint density at radius 2 is 2.00 bits per heavy atom. The van der Waals surface area contributed by atoms with E-state index in [0.717, 1.165) is 12.6 Å². The minimum atomic E-state index is 0.718. The molecule has 1 aliphatic rings. The molecule has 0 saturated heterocycles. The summed E-state index contributed by atoms with van der Waals surface area (Å²) in [6.45, 7) is 0.978. The predicted octanol–water partition coefficient (Wildman–Crippen LogP) is 3.66. The van der Waals surface area contributed by atoms with Gasteiger partial charge >= 0.3 is 0 Å². The minimum Gasteiger partial charge on any atom is -0.310 e. The number of aromatic nitrogens is 1. The number of nitrogens with one attached hydrogen (secondary N) is 1. The largest absolute Gasteiger partial charge is 0.310 e. The van der Waals surface area contributed by atoms with Crippen molar-refractivity contribution in [2.45, 2.75) is 44.7 Å². The summed E-state index contributed by atoms with van der Waals surface area (Å²) in [6.07, 6.45) is 10.7. The Kier molecular flexibility index (Phi) is 3.56. The van der Waals surface area contributed by atoms with Crippen molar-refractivity contribution in [3.63, 3.8) is 0 Å². The van der Waals surface area contributed by atoms with E-state index in [0.29, 0.717) is 0 Å². The highest BCUT2D eigenvalue weighted by molar-refractivity contribution is 5.84. The normalized spacial score (nSPS) is 17.1. The highest BCUT2D eigenvalue weighted by Crippen LogP contribution is 2.20. The van der Waals surface area contributed by atoms with Crippen LogP contribution in [-0.4, -0.2) is 11.0 Å². The van der Waals surface area contributed by atoms with Gasteiger partial charge in [-0.3, -0.25) is 4.98 Å². The number of rotatable bonds is 3. The lowest BCUT2D eigenvalue weighted by Crippen LogP contribution is -2.30. The van der Waals surface area contributed by atoms with Crippen LogP contribution < -0.4 is 5.32 Å². The topological polar surface area (TPSA) is 24.9 Å². The number of nitrogens with zero attached hydrogens (tertiary/aromatic N) is 1. The Hall–Kier alpha value is -1.41. The van der Waals surface area contributed by atoms with Crippen LogP contribution in [-0.2, 0) is 6.54 Å². The monoisotopic (exact) mass is 240 g/mol. The molecule has 0 radical (unpaired) electrons. The van der Waals surface area contributed by atoms with Gasteiger partial charge in [0.05, 0.1) is 0 Å². The first kappa shape index (κ1) is 11.7. The molecule has 0 aliphatic heterocycles. The highest BCUT2D eigenvalue weighted by Gasteiger charge is 2.12. The first-order chi connectivity index (χ1) is 8.93. The van der Waals surface area contributed by atoms with Crippen LogP contribution in [0.4, 0.5) is 0 Å². The van der Waals surface area contributed by atoms with Crippen LogP contribution in [0.25, 0.3) is 10.8 Å². The number of benzene rings is 1. The molecule has 3 rings (SSSR count). The van der Waals surface area contributed by atoms with Gasteiger partial charge in [-0.15, -0.1) is 0 Å². The first-order valence-corrected chi connectivity index (χ1v) is 6.98. The molecule has 1 aromatic carbocycles. The van der Waals surface area contributed by atoms with Gasteiger partial charge in [0, 0.05) is 30.4 Å². The Bertz CT molecular complexity index is 510. The zero-order chi connectivity index (χ0) is 12.2.